The maximum absolute atomic E-state index is 11.4. The Morgan fingerprint density at radius 3 is 2.56 bits per heavy atom. The van der Waals surface area contributed by atoms with Crippen molar-refractivity contribution in [2.45, 2.75) is 30.2 Å². The highest BCUT2D eigenvalue weighted by Crippen LogP contribution is 2.29. The molecule has 0 amide bonds. The molecule has 0 aliphatic heterocycles. The minimum Gasteiger partial charge on any atom is -0.381 e. The smallest absolute Gasteiger partial charge is 0.175 e. The van der Waals surface area contributed by atoms with Gasteiger partial charge in [-0.15, -0.1) is 0 Å². The first-order chi connectivity index (χ1) is 7.47. The molecule has 1 N–H and O–H groups in total. The number of rotatable bonds is 3. The van der Waals surface area contributed by atoms with Crippen LogP contribution in [0.2, 0.25) is 5.02 Å². The molecule has 0 spiro atoms. The van der Waals surface area contributed by atoms with Gasteiger partial charge in [-0.05, 0) is 37.5 Å². The van der Waals surface area contributed by atoms with Gasteiger partial charge in [0.1, 0.15) is 0 Å². The summed E-state index contributed by atoms with van der Waals surface area (Å²) in [5, 5.41) is 3.83. The Labute approximate surface area is 101 Å². The van der Waals surface area contributed by atoms with Crippen molar-refractivity contribution >= 4 is 27.1 Å². The van der Waals surface area contributed by atoms with Gasteiger partial charge in [0.2, 0.25) is 0 Å². The Morgan fingerprint density at radius 1 is 1.38 bits per heavy atom. The van der Waals surface area contributed by atoms with Crippen LogP contribution in [0.4, 0.5) is 5.69 Å². The molecule has 1 saturated carbocycles. The fourth-order valence-corrected chi connectivity index (χ4v) is 2.44. The van der Waals surface area contributed by atoms with E-state index >= 15 is 0 Å². The fourth-order valence-electron chi connectivity index (χ4n) is 1.62. The SMILES string of the molecule is CS(=O)(=O)c1ccc(Cl)c(NC2CCC2)c1. The van der Waals surface area contributed by atoms with Gasteiger partial charge in [0.05, 0.1) is 15.6 Å². The molecule has 1 aromatic carbocycles. The quantitative estimate of drug-likeness (QED) is 0.908. The molecule has 1 aliphatic carbocycles. The predicted octanol–water partition coefficient (Wildman–Crippen LogP) is 2.71. The van der Waals surface area contributed by atoms with Crippen LogP contribution in [0.3, 0.4) is 0 Å². The van der Waals surface area contributed by atoms with Crippen molar-refractivity contribution in [2.75, 3.05) is 11.6 Å². The van der Waals surface area contributed by atoms with Crippen molar-refractivity contribution in [3.05, 3.63) is 23.2 Å². The standard InChI is InChI=1S/C11H14ClNO2S/c1-16(14,15)9-5-6-10(12)11(7-9)13-8-3-2-4-8/h5-8,13H,2-4H2,1H3. The van der Waals surface area contributed by atoms with Gasteiger partial charge in [0.15, 0.2) is 9.84 Å². The largest absolute Gasteiger partial charge is 0.381 e. The summed E-state index contributed by atoms with van der Waals surface area (Å²) < 4.78 is 22.8. The van der Waals surface area contributed by atoms with E-state index in [9.17, 15) is 8.42 Å². The second-order valence-electron chi connectivity index (χ2n) is 4.19. The van der Waals surface area contributed by atoms with Crippen LogP contribution in [-0.2, 0) is 9.84 Å². The van der Waals surface area contributed by atoms with E-state index in [0.717, 1.165) is 12.8 Å². The normalized spacial score (nSPS) is 16.9. The Hall–Kier alpha value is -0.740. The highest BCUT2D eigenvalue weighted by Gasteiger charge is 2.19. The van der Waals surface area contributed by atoms with Gasteiger partial charge in [-0.25, -0.2) is 8.42 Å². The molecule has 0 aromatic heterocycles. The number of halogens is 1. The summed E-state index contributed by atoms with van der Waals surface area (Å²) in [7, 11) is -3.17. The highest BCUT2D eigenvalue weighted by atomic mass is 35.5. The van der Waals surface area contributed by atoms with Gasteiger partial charge >= 0.3 is 0 Å². The first-order valence-electron chi connectivity index (χ1n) is 5.23. The Morgan fingerprint density at radius 2 is 2.06 bits per heavy atom. The van der Waals surface area contributed by atoms with Crippen LogP contribution in [-0.4, -0.2) is 20.7 Å². The minimum atomic E-state index is -3.17. The minimum absolute atomic E-state index is 0.304. The van der Waals surface area contributed by atoms with Crippen LogP contribution in [0.5, 0.6) is 0 Å². The molecule has 0 saturated heterocycles. The summed E-state index contributed by atoms with van der Waals surface area (Å²) in [6, 6.07) is 5.20. The van der Waals surface area contributed by atoms with Gasteiger partial charge in [-0.1, -0.05) is 11.6 Å². The molecule has 1 aliphatic rings. The molecule has 1 fully saturated rings. The molecule has 1 aromatic rings. The second-order valence-corrected chi connectivity index (χ2v) is 6.61. The molecule has 0 heterocycles. The van der Waals surface area contributed by atoms with Gasteiger partial charge in [0.25, 0.3) is 0 Å². The average Bonchev–Trinajstić information content (AvgIpc) is 2.11. The summed E-state index contributed by atoms with van der Waals surface area (Å²) in [6.45, 7) is 0. The van der Waals surface area contributed by atoms with Gasteiger partial charge in [0, 0.05) is 12.3 Å². The van der Waals surface area contributed by atoms with E-state index in [1.807, 2.05) is 0 Å². The fraction of sp³-hybridized carbons (Fsp3) is 0.455. The first kappa shape index (κ1) is 11.7. The van der Waals surface area contributed by atoms with Crippen molar-refractivity contribution in [2.24, 2.45) is 0 Å². The van der Waals surface area contributed by atoms with E-state index in [-0.39, 0.29) is 0 Å². The Balaban J connectivity index is 2.28. The van der Waals surface area contributed by atoms with E-state index in [4.69, 9.17) is 11.6 Å². The van der Waals surface area contributed by atoms with Gasteiger partial charge in [-0.3, -0.25) is 0 Å². The van der Waals surface area contributed by atoms with Crippen LogP contribution in [0, 0.1) is 0 Å². The number of benzene rings is 1. The number of nitrogens with one attached hydrogen (secondary N) is 1. The van der Waals surface area contributed by atoms with Crippen molar-refractivity contribution in [1.82, 2.24) is 0 Å². The van der Waals surface area contributed by atoms with E-state index in [2.05, 4.69) is 5.32 Å². The predicted molar refractivity (Wildman–Crippen MR) is 65.8 cm³/mol. The van der Waals surface area contributed by atoms with Gasteiger partial charge < -0.3 is 5.32 Å². The van der Waals surface area contributed by atoms with Gasteiger partial charge in [-0.2, -0.15) is 0 Å². The molecule has 0 atom stereocenters. The van der Waals surface area contributed by atoms with E-state index in [0.29, 0.717) is 21.6 Å². The third-order valence-electron chi connectivity index (χ3n) is 2.83. The topological polar surface area (TPSA) is 46.2 Å². The Bertz CT molecular complexity index is 495. The molecule has 0 unspecified atom stereocenters. The van der Waals surface area contributed by atoms with Crippen molar-refractivity contribution in [3.8, 4) is 0 Å². The molecule has 16 heavy (non-hydrogen) atoms. The first-order valence-corrected chi connectivity index (χ1v) is 7.50. The molecule has 0 bridgehead atoms. The summed E-state index contributed by atoms with van der Waals surface area (Å²) in [5.41, 5.74) is 0.717. The number of sulfone groups is 1. The van der Waals surface area contributed by atoms with Crippen LogP contribution in [0.25, 0.3) is 0 Å². The lowest BCUT2D eigenvalue weighted by molar-refractivity contribution is 0.445. The van der Waals surface area contributed by atoms with Crippen LogP contribution in [0.1, 0.15) is 19.3 Å². The molecular formula is C11H14ClNO2S. The molecular weight excluding hydrogens is 246 g/mol. The number of hydrogen-bond acceptors (Lipinski definition) is 3. The van der Waals surface area contributed by atoms with E-state index in [1.165, 1.54) is 18.7 Å². The van der Waals surface area contributed by atoms with Crippen LogP contribution >= 0.6 is 11.6 Å². The average molecular weight is 260 g/mol. The Kier molecular flexibility index (Phi) is 3.13. The van der Waals surface area contributed by atoms with Crippen molar-refractivity contribution in [3.63, 3.8) is 0 Å². The van der Waals surface area contributed by atoms with E-state index in [1.54, 1.807) is 12.1 Å². The van der Waals surface area contributed by atoms with Crippen LogP contribution in [0.15, 0.2) is 23.1 Å². The maximum Gasteiger partial charge on any atom is 0.175 e. The number of anilines is 1. The molecule has 0 radical (unpaired) electrons. The third kappa shape index (κ3) is 2.50. The third-order valence-corrected chi connectivity index (χ3v) is 4.27. The summed E-state index contributed by atoms with van der Waals surface area (Å²) in [6.07, 6.45) is 4.67. The zero-order valence-electron chi connectivity index (χ0n) is 9.03. The summed E-state index contributed by atoms with van der Waals surface area (Å²) >= 11 is 6.01. The summed E-state index contributed by atoms with van der Waals surface area (Å²) in [4.78, 5) is 0.304. The monoisotopic (exact) mass is 259 g/mol. The zero-order chi connectivity index (χ0) is 11.8. The number of hydrogen-bond donors (Lipinski definition) is 1. The molecule has 2 rings (SSSR count). The lowest BCUT2D eigenvalue weighted by Crippen LogP contribution is -2.27. The highest BCUT2D eigenvalue weighted by molar-refractivity contribution is 7.90. The lowest BCUT2D eigenvalue weighted by Gasteiger charge is -2.28. The lowest BCUT2D eigenvalue weighted by atomic mass is 9.93. The molecule has 5 heteroatoms. The summed E-state index contributed by atoms with van der Waals surface area (Å²) in [5.74, 6) is 0. The van der Waals surface area contributed by atoms with Crippen molar-refractivity contribution < 1.29 is 8.42 Å². The zero-order valence-corrected chi connectivity index (χ0v) is 10.6. The molecule has 3 nitrogen and oxygen atoms in total. The van der Waals surface area contributed by atoms with E-state index < -0.39 is 9.84 Å². The maximum atomic E-state index is 11.4. The van der Waals surface area contributed by atoms with Crippen molar-refractivity contribution in [1.29, 1.82) is 0 Å². The second kappa shape index (κ2) is 4.26. The van der Waals surface area contributed by atoms with Crippen LogP contribution < -0.4 is 5.32 Å². The molecule has 88 valence electrons.